The first-order valence-corrected chi connectivity index (χ1v) is 4.63. The molecule has 0 atom stereocenters. The zero-order valence-corrected chi connectivity index (χ0v) is 9.11. The summed E-state index contributed by atoms with van der Waals surface area (Å²) in [7, 11) is 0. The largest absolute Gasteiger partial charge is 0.377 e. The first kappa shape index (κ1) is 11.0. The van der Waals surface area contributed by atoms with E-state index in [1.807, 2.05) is 20.8 Å². The number of rotatable bonds is 1. The Kier molecular flexibility index (Phi) is 2.81. The molecule has 0 unspecified atom stereocenters. The maximum atomic E-state index is 11.4. The standard InChI is InChI=1S/C10H12ClNO2/c1-10(2,3)12-7-5-8(13)6(11)4-9(7)14/h4-5,12H,1-3H3. The van der Waals surface area contributed by atoms with E-state index < -0.39 is 0 Å². The summed E-state index contributed by atoms with van der Waals surface area (Å²) in [5, 5.41) is 2.91. The van der Waals surface area contributed by atoms with Gasteiger partial charge in [0.05, 0.1) is 10.7 Å². The molecule has 0 amide bonds. The van der Waals surface area contributed by atoms with Crippen LogP contribution in [0.2, 0.25) is 0 Å². The Balaban J connectivity index is 2.88. The van der Waals surface area contributed by atoms with Crippen molar-refractivity contribution in [3.8, 4) is 0 Å². The Labute approximate surface area is 87.8 Å². The molecule has 76 valence electrons. The van der Waals surface area contributed by atoms with E-state index in [-0.39, 0.29) is 22.1 Å². The van der Waals surface area contributed by atoms with Crippen molar-refractivity contribution in [3.05, 3.63) is 22.9 Å². The first-order chi connectivity index (χ1) is 6.29. The average Bonchev–Trinajstić information content (AvgIpc) is 1.97. The van der Waals surface area contributed by atoms with Crippen molar-refractivity contribution in [3.63, 3.8) is 0 Å². The van der Waals surface area contributed by atoms with Gasteiger partial charge in [0, 0.05) is 17.7 Å². The Morgan fingerprint density at radius 1 is 1.14 bits per heavy atom. The number of carbonyl (C=O) groups excluding carboxylic acids is 2. The fraction of sp³-hybridized carbons (Fsp3) is 0.400. The van der Waals surface area contributed by atoms with Crippen LogP contribution in [0.5, 0.6) is 0 Å². The van der Waals surface area contributed by atoms with Gasteiger partial charge in [0.2, 0.25) is 5.78 Å². The lowest BCUT2D eigenvalue weighted by atomic mass is 10.0. The molecule has 0 bridgehead atoms. The van der Waals surface area contributed by atoms with Gasteiger partial charge in [-0.3, -0.25) is 9.59 Å². The number of carbonyl (C=O) groups is 2. The molecule has 0 saturated heterocycles. The van der Waals surface area contributed by atoms with Gasteiger partial charge in [0.15, 0.2) is 5.78 Å². The van der Waals surface area contributed by atoms with Gasteiger partial charge >= 0.3 is 0 Å². The lowest BCUT2D eigenvalue weighted by Gasteiger charge is -2.24. The van der Waals surface area contributed by atoms with Gasteiger partial charge < -0.3 is 5.32 Å². The summed E-state index contributed by atoms with van der Waals surface area (Å²) in [6.07, 6.45) is 2.37. The third-order valence-electron chi connectivity index (χ3n) is 1.54. The molecule has 14 heavy (non-hydrogen) atoms. The molecule has 0 aromatic heterocycles. The Bertz CT molecular complexity index is 348. The van der Waals surface area contributed by atoms with Crippen LogP contribution in [-0.4, -0.2) is 17.1 Å². The van der Waals surface area contributed by atoms with Crippen molar-refractivity contribution in [2.45, 2.75) is 26.3 Å². The summed E-state index contributed by atoms with van der Waals surface area (Å²) in [5.41, 5.74) is 0.0475. The highest BCUT2D eigenvalue weighted by Gasteiger charge is 2.22. The molecular formula is C10H12ClNO2. The fourth-order valence-electron chi connectivity index (χ4n) is 1.04. The molecule has 0 saturated carbocycles. The predicted molar refractivity (Wildman–Crippen MR) is 54.9 cm³/mol. The van der Waals surface area contributed by atoms with Crippen LogP contribution < -0.4 is 5.32 Å². The third kappa shape index (κ3) is 2.70. The Hall–Kier alpha value is -1.09. The minimum atomic E-state index is -0.335. The minimum absolute atomic E-state index is 0.0329. The summed E-state index contributed by atoms with van der Waals surface area (Å²) < 4.78 is 0. The van der Waals surface area contributed by atoms with Crippen LogP contribution in [0.4, 0.5) is 0 Å². The van der Waals surface area contributed by atoms with Crippen LogP contribution in [-0.2, 0) is 9.59 Å². The SMILES string of the molecule is CC(C)(C)NC1=CC(=O)C(Cl)=CC1=O. The number of hydrogen-bond donors (Lipinski definition) is 1. The molecule has 0 aromatic rings. The van der Waals surface area contributed by atoms with Crippen molar-refractivity contribution in [2.75, 3.05) is 0 Å². The van der Waals surface area contributed by atoms with Gasteiger partial charge in [-0.25, -0.2) is 0 Å². The topological polar surface area (TPSA) is 46.2 Å². The molecule has 1 N–H and O–H groups in total. The van der Waals surface area contributed by atoms with E-state index in [0.29, 0.717) is 5.70 Å². The highest BCUT2D eigenvalue weighted by molar-refractivity contribution is 6.47. The molecule has 0 spiro atoms. The van der Waals surface area contributed by atoms with Crippen LogP contribution in [0.15, 0.2) is 22.9 Å². The lowest BCUT2D eigenvalue weighted by molar-refractivity contribution is -0.115. The van der Waals surface area contributed by atoms with E-state index in [4.69, 9.17) is 11.6 Å². The highest BCUT2D eigenvalue weighted by atomic mass is 35.5. The molecule has 4 heteroatoms. The zero-order chi connectivity index (χ0) is 10.9. The summed E-state index contributed by atoms with van der Waals surface area (Å²) in [4.78, 5) is 22.6. The minimum Gasteiger partial charge on any atom is -0.377 e. The molecule has 1 aliphatic carbocycles. The van der Waals surface area contributed by atoms with Crippen molar-refractivity contribution in [1.29, 1.82) is 0 Å². The summed E-state index contributed by atoms with van der Waals surface area (Å²) in [5.74, 6) is -0.595. The van der Waals surface area contributed by atoms with Crippen LogP contribution >= 0.6 is 11.6 Å². The maximum absolute atomic E-state index is 11.4. The highest BCUT2D eigenvalue weighted by Crippen LogP contribution is 2.15. The first-order valence-electron chi connectivity index (χ1n) is 4.25. The number of allylic oxidation sites excluding steroid dienone is 3. The second kappa shape index (κ2) is 3.58. The number of halogens is 1. The molecule has 0 aliphatic heterocycles. The summed E-state index contributed by atoms with van der Waals surface area (Å²) in [6.45, 7) is 5.72. The zero-order valence-electron chi connectivity index (χ0n) is 8.35. The van der Waals surface area contributed by atoms with Crippen molar-refractivity contribution >= 4 is 23.2 Å². The number of ketones is 2. The van der Waals surface area contributed by atoms with Gasteiger partial charge in [-0.2, -0.15) is 0 Å². The summed E-state index contributed by atoms with van der Waals surface area (Å²) >= 11 is 5.52. The van der Waals surface area contributed by atoms with E-state index in [9.17, 15) is 9.59 Å². The van der Waals surface area contributed by atoms with Crippen LogP contribution in [0.1, 0.15) is 20.8 Å². The Morgan fingerprint density at radius 2 is 1.71 bits per heavy atom. The molecule has 1 rings (SSSR count). The third-order valence-corrected chi connectivity index (χ3v) is 1.84. The van der Waals surface area contributed by atoms with Gasteiger partial charge in [0.25, 0.3) is 0 Å². The quantitative estimate of drug-likeness (QED) is 0.672. The lowest BCUT2D eigenvalue weighted by Crippen LogP contribution is -2.38. The predicted octanol–water partition coefficient (Wildman–Crippen LogP) is 1.53. The molecular weight excluding hydrogens is 202 g/mol. The molecule has 0 fully saturated rings. The van der Waals surface area contributed by atoms with Crippen LogP contribution in [0, 0.1) is 0 Å². The second-order valence-corrected chi connectivity index (χ2v) is 4.56. The maximum Gasteiger partial charge on any atom is 0.203 e. The molecule has 0 radical (unpaired) electrons. The number of nitrogens with one attached hydrogen (secondary N) is 1. The van der Waals surface area contributed by atoms with Gasteiger partial charge in [-0.15, -0.1) is 0 Å². The van der Waals surface area contributed by atoms with E-state index in [1.165, 1.54) is 6.08 Å². The monoisotopic (exact) mass is 213 g/mol. The van der Waals surface area contributed by atoms with Crippen molar-refractivity contribution < 1.29 is 9.59 Å². The van der Waals surface area contributed by atoms with Crippen molar-refractivity contribution in [2.24, 2.45) is 0 Å². The Morgan fingerprint density at radius 3 is 2.21 bits per heavy atom. The van der Waals surface area contributed by atoms with Crippen LogP contribution in [0.3, 0.4) is 0 Å². The van der Waals surface area contributed by atoms with Gasteiger partial charge in [-0.05, 0) is 20.8 Å². The van der Waals surface area contributed by atoms with E-state index in [1.54, 1.807) is 0 Å². The van der Waals surface area contributed by atoms with E-state index >= 15 is 0 Å². The van der Waals surface area contributed by atoms with E-state index in [0.717, 1.165) is 6.08 Å². The summed E-state index contributed by atoms with van der Waals surface area (Å²) in [6, 6.07) is 0. The molecule has 0 heterocycles. The van der Waals surface area contributed by atoms with Crippen molar-refractivity contribution in [1.82, 2.24) is 5.32 Å². The second-order valence-electron chi connectivity index (χ2n) is 4.15. The molecule has 0 aromatic carbocycles. The average molecular weight is 214 g/mol. The number of hydrogen-bond acceptors (Lipinski definition) is 3. The van der Waals surface area contributed by atoms with E-state index in [2.05, 4.69) is 5.32 Å². The van der Waals surface area contributed by atoms with Crippen LogP contribution in [0.25, 0.3) is 0 Å². The fourth-order valence-corrected chi connectivity index (χ4v) is 1.19. The normalized spacial score (nSPS) is 17.7. The smallest absolute Gasteiger partial charge is 0.203 e. The molecule has 1 aliphatic rings. The van der Waals surface area contributed by atoms with Gasteiger partial charge in [0.1, 0.15) is 0 Å². The van der Waals surface area contributed by atoms with Gasteiger partial charge in [-0.1, -0.05) is 11.6 Å². The molecule has 3 nitrogen and oxygen atoms in total.